The summed E-state index contributed by atoms with van der Waals surface area (Å²) in [6, 6.07) is 14.4. The first kappa shape index (κ1) is 18.9. The molecule has 1 aromatic heterocycles. The maximum Gasteiger partial charge on any atom is 0.261 e. The van der Waals surface area contributed by atoms with Crippen molar-refractivity contribution in [2.24, 2.45) is 0 Å². The standard InChI is InChI=1S/C22H23FN2O2S/c1-24-22(26)21-20(18-4-2-3-5-19(18)28-21)15-10-11-25(14-15)12-13-27-17-8-6-16(23)7-9-17/h2-9,15H,10-14H2,1H3,(H,24,26)/t15-/m0/s1. The highest BCUT2D eigenvalue weighted by atomic mass is 32.1. The van der Waals surface area contributed by atoms with E-state index in [0.29, 0.717) is 18.3 Å². The van der Waals surface area contributed by atoms with Gasteiger partial charge in [-0.1, -0.05) is 18.2 Å². The van der Waals surface area contributed by atoms with Crippen molar-refractivity contribution in [3.63, 3.8) is 0 Å². The van der Waals surface area contributed by atoms with Crippen LogP contribution in [0, 0.1) is 5.82 Å². The quantitative estimate of drug-likeness (QED) is 0.674. The van der Waals surface area contributed by atoms with E-state index < -0.39 is 0 Å². The molecule has 146 valence electrons. The van der Waals surface area contributed by atoms with Gasteiger partial charge in [0, 0.05) is 30.8 Å². The van der Waals surface area contributed by atoms with Gasteiger partial charge in [-0.15, -0.1) is 11.3 Å². The third kappa shape index (κ3) is 3.88. The molecule has 6 heteroatoms. The maximum atomic E-state index is 13.0. The fraction of sp³-hybridized carbons (Fsp3) is 0.318. The monoisotopic (exact) mass is 398 g/mol. The van der Waals surface area contributed by atoms with E-state index in [2.05, 4.69) is 22.3 Å². The van der Waals surface area contributed by atoms with Crippen molar-refractivity contribution in [3.8, 4) is 5.75 Å². The third-order valence-corrected chi connectivity index (χ3v) is 6.42. The molecule has 2 aromatic carbocycles. The number of fused-ring (bicyclic) bond motifs is 1. The van der Waals surface area contributed by atoms with E-state index in [1.54, 1.807) is 30.5 Å². The van der Waals surface area contributed by atoms with Crippen LogP contribution in [-0.4, -0.2) is 44.1 Å². The number of rotatable bonds is 6. The van der Waals surface area contributed by atoms with Gasteiger partial charge in [0.15, 0.2) is 0 Å². The lowest BCUT2D eigenvalue weighted by Crippen LogP contribution is -2.26. The Bertz CT molecular complexity index is 970. The average molecular weight is 399 g/mol. The molecule has 3 aromatic rings. The fourth-order valence-electron chi connectivity index (χ4n) is 3.85. The predicted molar refractivity (Wildman–Crippen MR) is 111 cm³/mol. The van der Waals surface area contributed by atoms with E-state index >= 15 is 0 Å². The highest BCUT2D eigenvalue weighted by Gasteiger charge is 2.30. The lowest BCUT2D eigenvalue weighted by molar-refractivity contribution is 0.0966. The minimum atomic E-state index is -0.260. The van der Waals surface area contributed by atoms with Crippen LogP contribution in [0.15, 0.2) is 48.5 Å². The van der Waals surface area contributed by atoms with Gasteiger partial charge in [0.2, 0.25) is 0 Å². The fourth-order valence-corrected chi connectivity index (χ4v) is 5.08. The van der Waals surface area contributed by atoms with Gasteiger partial charge in [0.25, 0.3) is 5.91 Å². The Labute approximate surface area is 167 Å². The molecule has 1 N–H and O–H groups in total. The summed E-state index contributed by atoms with van der Waals surface area (Å²) in [5.41, 5.74) is 1.18. The lowest BCUT2D eigenvalue weighted by atomic mass is 9.95. The van der Waals surface area contributed by atoms with Crippen LogP contribution in [0.5, 0.6) is 5.75 Å². The number of nitrogens with zero attached hydrogens (tertiary/aromatic N) is 1. The van der Waals surface area contributed by atoms with Crippen molar-refractivity contribution in [1.82, 2.24) is 10.2 Å². The van der Waals surface area contributed by atoms with Gasteiger partial charge in [-0.3, -0.25) is 9.69 Å². The third-order valence-electron chi connectivity index (χ3n) is 5.24. The molecule has 1 amide bonds. The molecular formula is C22H23FN2O2S. The van der Waals surface area contributed by atoms with E-state index in [4.69, 9.17) is 4.74 Å². The van der Waals surface area contributed by atoms with E-state index in [9.17, 15) is 9.18 Å². The van der Waals surface area contributed by atoms with Crippen LogP contribution in [-0.2, 0) is 0 Å². The molecule has 0 bridgehead atoms. The molecule has 4 rings (SSSR count). The summed E-state index contributed by atoms with van der Waals surface area (Å²) in [6.45, 7) is 3.27. The summed E-state index contributed by atoms with van der Waals surface area (Å²) in [5, 5.41) is 3.98. The van der Waals surface area contributed by atoms with Gasteiger partial charge >= 0.3 is 0 Å². The van der Waals surface area contributed by atoms with Crippen molar-refractivity contribution >= 4 is 27.3 Å². The molecule has 4 nitrogen and oxygen atoms in total. The molecule has 0 radical (unpaired) electrons. The molecule has 1 saturated heterocycles. The zero-order valence-electron chi connectivity index (χ0n) is 15.8. The van der Waals surface area contributed by atoms with Gasteiger partial charge in [-0.25, -0.2) is 4.39 Å². The number of hydrogen-bond donors (Lipinski definition) is 1. The number of likely N-dealkylation sites (tertiary alicyclic amines) is 1. The highest BCUT2D eigenvalue weighted by molar-refractivity contribution is 7.21. The van der Waals surface area contributed by atoms with Gasteiger partial charge in [-0.2, -0.15) is 0 Å². The van der Waals surface area contributed by atoms with Crippen LogP contribution in [0.3, 0.4) is 0 Å². The SMILES string of the molecule is CNC(=O)c1sc2ccccc2c1[C@H]1CCN(CCOc2ccc(F)cc2)C1. The van der Waals surface area contributed by atoms with Crippen LogP contribution in [0.2, 0.25) is 0 Å². The van der Waals surface area contributed by atoms with Gasteiger partial charge in [0.05, 0.1) is 4.88 Å². The molecule has 0 saturated carbocycles. The van der Waals surface area contributed by atoms with Crippen LogP contribution in [0.1, 0.15) is 27.6 Å². The molecule has 1 atom stereocenters. The van der Waals surface area contributed by atoms with Crippen molar-refractivity contribution in [2.75, 3.05) is 33.3 Å². The van der Waals surface area contributed by atoms with Crippen LogP contribution in [0.4, 0.5) is 4.39 Å². The average Bonchev–Trinajstić information content (AvgIpc) is 3.33. The summed E-state index contributed by atoms with van der Waals surface area (Å²) in [5.74, 6) is 0.760. The lowest BCUT2D eigenvalue weighted by Gasteiger charge is -2.17. The minimum absolute atomic E-state index is 0.00528. The van der Waals surface area contributed by atoms with Crippen LogP contribution in [0.25, 0.3) is 10.1 Å². The summed E-state index contributed by atoms with van der Waals surface area (Å²) in [6.07, 6.45) is 1.03. The molecule has 0 spiro atoms. The number of benzene rings is 2. The second-order valence-electron chi connectivity index (χ2n) is 7.01. The smallest absolute Gasteiger partial charge is 0.261 e. The second-order valence-corrected chi connectivity index (χ2v) is 8.06. The zero-order valence-corrected chi connectivity index (χ0v) is 16.6. The number of nitrogens with one attached hydrogen (secondary N) is 1. The van der Waals surface area contributed by atoms with E-state index in [1.807, 2.05) is 12.1 Å². The first-order chi connectivity index (χ1) is 13.7. The number of carbonyl (C=O) groups is 1. The molecule has 1 aliphatic rings. The Morgan fingerprint density at radius 2 is 2.04 bits per heavy atom. The molecule has 0 unspecified atom stereocenters. The Kier molecular flexibility index (Phi) is 5.59. The molecule has 0 aliphatic carbocycles. The Morgan fingerprint density at radius 1 is 1.25 bits per heavy atom. The van der Waals surface area contributed by atoms with Gasteiger partial charge in [0.1, 0.15) is 18.2 Å². The van der Waals surface area contributed by atoms with Gasteiger partial charge in [-0.05, 0) is 54.2 Å². The Balaban J connectivity index is 1.44. The summed E-state index contributed by atoms with van der Waals surface area (Å²) >= 11 is 1.58. The Morgan fingerprint density at radius 3 is 2.82 bits per heavy atom. The van der Waals surface area contributed by atoms with Crippen molar-refractivity contribution in [1.29, 1.82) is 0 Å². The van der Waals surface area contributed by atoms with E-state index in [-0.39, 0.29) is 11.7 Å². The van der Waals surface area contributed by atoms with E-state index in [1.165, 1.54) is 23.1 Å². The zero-order chi connectivity index (χ0) is 19.5. The maximum absolute atomic E-state index is 13.0. The van der Waals surface area contributed by atoms with Crippen molar-refractivity contribution < 1.29 is 13.9 Å². The van der Waals surface area contributed by atoms with Crippen LogP contribution < -0.4 is 10.1 Å². The number of thiophene rings is 1. The first-order valence-electron chi connectivity index (χ1n) is 9.50. The summed E-state index contributed by atoms with van der Waals surface area (Å²) in [4.78, 5) is 15.6. The highest BCUT2D eigenvalue weighted by Crippen LogP contribution is 2.40. The van der Waals surface area contributed by atoms with Gasteiger partial charge < -0.3 is 10.1 Å². The number of ether oxygens (including phenoxy) is 1. The number of amides is 1. The predicted octanol–water partition coefficient (Wildman–Crippen LogP) is 4.27. The largest absolute Gasteiger partial charge is 0.492 e. The van der Waals surface area contributed by atoms with Crippen LogP contribution >= 0.6 is 11.3 Å². The number of halogens is 1. The molecule has 1 aliphatic heterocycles. The molecular weight excluding hydrogens is 375 g/mol. The molecule has 1 fully saturated rings. The molecule has 28 heavy (non-hydrogen) atoms. The second kappa shape index (κ2) is 8.29. The Hall–Kier alpha value is -2.44. The first-order valence-corrected chi connectivity index (χ1v) is 10.3. The minimum Gasteiger partial charge on any atom is -0.492 e. The normalized spacial score (nSPS) is 17.1. The summed E-state index contributed by atoms with van der Waals surface area (Å²) in [7, 11) is 1.68. The number of carbonyl (C=O) groups excluding carboxylic acids is 1. The van der Waals surface area contributed by atoms with E-state index in [0.717, 1.165) is 35.6 Å². The van der Waals surface area contributed by atoms with Crippen molar-refractivity contribution in [3.05, 3.63) is 64.8 Å². The molecule has 2 heterocycles. The number of hydrogen-bond acceptors (Lipinski definition) is 4. The topological polar surface area (TPSA) is 41.6 Å². The van der Waals surface area contributed by atoms with Crippen molar-refractivity contribution in [2.45, 2.75) is 12.3 Å². The summed E-state index contributed by atoms with van der Waals surface area (Å²) < 4.78 is 19.9.